The molecule has 1 atom stereocenters. The minimum Gasteiger partial charge on any atom is -0.609 e. The van der Waals surface area contributed by atoms with Crippen molar-refractivity contribution in [2.75, 3.05) is 20.2 Å². The molecule has 3 rings (SSSR count). The van der Waals surface area contributed by atoms with Crippen LogP contribution in [0.4, 0.5) is 18.0 Å². The molecule has 2 aromatic heterocycles. The maximum absolute atomic E-state index is 13.3. The first-order valence-electron chi connectivity index (χ1n) is 10.2. The van der Waals surface area contributed by atoms with Gasteiger partial charge in [-0.3, -0.25) is 4.98 Å². The van der Waals surface area contributed by atoms with E-state index in [0.717, 1.165) is 6.42 Å². The van der Waals surface area contributed by atoms with Gasteiger partial charge in [0, 0.05) is 36.5 Å². The van der Waals surface area contributed by atoms with Crippen LogP contribution in [0.3, 0.4) is 0 Å². The molecule has 7 nitrogen and oxygen atoms in total. The van der Waals surface area contributed by atoms with Crippen LogP contribution in [0.25, 0.3) is 11.0 Å². The van der Waals surface area contributed by atoms with Gasteiger partial charge in [0.05, 0.1) is 16.7 Å². The summed E-state index contributed by atoms with van der Waals surface area (Å²) in [5.41, 5.74) is 1.67. The lowest BCUT2D eigenvalue weighted by atomic mass is 10.2. The average Bonchev–Trinajstić information content (AvgIpc) is 3.16. The van der Waals surface area contributed by atoms with E-state index >= 15 is 0 Å². The molecule has 0 unspecified atom stereocenters. The van der Waals surface area contributed by atoms with Crippen molar-refractivity contribution in [2.45, 2.75) is 37.4 Å². The van der Waals surface area contributed by atoms with Gasteiger partial charge in [-0.25, -0.2) is 9.36 Å². The number of para-hydroxylation sites is 2. The van der Waals surface area contributed by atoms with Gasteiger partial charge in [-0.1, -0.05) is 25.5 Å². The molecule has 11 heteroatoms. The number of alkyl halides is 3. The summed E-state index contributed by atoms with van der Waals surface area (Å²) in [6.45, 7) is 2.49. The van der Waals surface area contributed by atoms with Crippen LogP contribution >= 0.6 is 0 Å². The first kappa shape index (κ1) is 24.8. The van der Waals surface area contributed by atoms with Crippen LogP contribution in [0.15, 0.2) is 41.7 Å². The van der Waals surface area contributed by atoms with Crippen LogP contribution in [0.5, 0.6) is 5.75 Å². The Labute approximate surface area is 192 Å². The second-order valence-corrected chi connectivity index (χ2v) is 8.70. The number of carbonyl (C=O) groups excluding carboxylic acids is 1. The smallest absolute Gasteiger partial charge is 0.422 e. The number of rotatable bonds is 8. The van der Waals surface area contributed by atoms with E-state index < -0.39 is 24.0 Å². The van der Waals surface area contributed by atoms with E-state index in [9.17, 15) is 22.5 Å². The van der Waals surface area contributed by atoms with E-state index in [1.807, 2.05) is 13.3 Å². The lowest BCUT2D eigenvalue weighted by molar-refractivity contribution is -0.153. The minimum absolute atomic E-state index is 0.00809. The summed E-state index contributed by atoms with van der Waals surface area (Å²) in [4.78, 5) is 23.2. The summed E-state index contributed by atoms with van der Waals surface area (Å²) in [5.74, 6) is -0.134. The second-order valence-electron chi connectivity index (χ2n) is 7.35. The van der Waals surface area contributed by atoms with E-state index in [2.05, 4.69) is 9.97 Å². The molecule has 1 radical (unpaired) electrons. The maximum atomic E-state index is 13.3. The number of unbranched alkanes of at least 4 members (excludes halogenated alkanes) is 1. The van der Waals surface area contributed by atoms with E-state index in [-0.39, 0.29) is 22.7 Å². The van der Waals surface area contributed by atoms with Crippen molar-refractivity contribution < 1.29 is 27.3 Å². The standard InChI is InChI=1S/C22H24F3N4O3S/c1-4-5-12-28(3)21(30)29-18-9-7-6-8-16(18)27-20(29)33(31)13-17-15(2)19(10-11-26-17)32-14-22(23,24)25/h5-11H,4,12-14H2,1-3H3/t33-/m1/s1. The monoisotopic (exact) mass is 481 g/mol. The molecular formula is C22H24F3N4O3S. The van der Waals surface area contributed by atoms with Crippen LogP contribution in [0, 0.1) is 13.3 Å². The Hall–Kier alpha value is -2.79. The number of ether oxygens (including phenoxy) is 1. The first-order valence-corrected chi connectivity index (χ1v) is 11.5. The number of hydrogen-bond donors (Lipinski definition) is 0. The molecular weight excluding hydrogens is 457 g/mol. The third kappa shape index (κ3) is 5.97. The van der Waals surface area contributed by atoms with Gasteiger partial charge in [0.25, 0.3) is 0 Å². The molecule has 1 amide bonds. The Bertz CT molecular complexity index is 1120. The fourth-order valence-electron chi connectivity index (χ4n) is 3.12. The molecule has 0 fully saturated rings. The summed E-state index contributed by atoms with van der Waals surface area (Å²) in [6.07, 6.45) is -0.453. The van der Waals surface area contributed by atoms with Crippen molar-refractivity contribution >= 4 is 28.2 Å². The Morgan fingerprint density at radius 3 is 2.73 bits per heavy atom. The lowest BCUT2D eigenvalue weighted by Gasteiger charge is -2.19. The topological polar surface area (TPSA) is 83.3 Å². The van der Waals surface area contributed by atoms with Crippen molar-refractivity contribution in [2.24, 2.45) is 0 Å². The molecule has 0 aliphatic heterocycles. The molecule has 0 spiro atoms. The lowest BCUT2D eigenvalue weighted by Crippen LogP contribution is -2.34. The largest absolute Gasteiger partial charge is 0.609 e. The van der Waals surface area contributed by atoms with Crippen LogP contribution < -0.4 is 4.74 Å². The second kappa shape index (κ2) is 10.4. The number of aromatic nitrogens is 3. The molecule has 2 heterocycles. The van der Waals surface area contributed by atoms with Crippen molar-refractivity contribution in [3.05, 3.63) is 54.2 Å². The number of amides is 1. The molecule has 0 saturated heterocycles. The summed E-state index contributed by atoms with van der Waals surface area (Å²) in [5, 5.41) is 0.0485. The maximum Gasteiger partial charge on any atom is 0.422 e. The molecule has 33 heavy (non-hydrogen) atoms. The van der Waals surface area contributed by atoms with Gasteiger partial charge in [-0.05, 0) is 31.5 Å². The number of halogens is 3. The van der Waals surface area contributed by atoms with Gasteiger partial charge in [-0.2, -0.15) is 18.2 Å². The van der Waals surface area contributed by atoms with Gasteiger partial charge in [0.1, 0.15) is 5.75 Å². The average molecular weight is 482 g/mol. The van der Waals surface area contributed by atoms with Crippen molar-refractivity contribution in [3.8, 4) is 5.75 Å². The zero-order chi connectivity index (χ0) is 24.2. The predicted molar refractivity (Wildman–Crippen MR) is 118 cm³/mol. The van der Waals surface area contributed by atoms with Crippen molar-refractivity contribution in [1.82, 2.24) is 19.4 Å². The van der Waals surface area contributed by atoms with E-state index in [0.29, 0.717) is 28.8 Å². The Kier molecular flexibility index (Phi) is 7.85. The minimum atomic E-state index is -4.48. The molecule has 0 saturated carbocycles. The highest BCUT2D eigenvalue weighted by atomic mass is 32.2. The molecule has 3 aromatic rings. The summed E-state index contributed by atoms with van der Waals surface area (Å²) in [6, 6.07) is 7.89. The SMILES string of the molecule is CC[CH]CN(C)C(=O)n1c([S@+]([O-])Cc2nccc(OCC(F)(F)F)c2C)nc2ccccc21. The van der Waals surface area contributed by atoms with Crippen LogP contribution in [0.2, 0.25) is 0 Å². The Morgan fingerprint density at radius 1 is 1.30 bits per heavy atom. The molecule has 0 bridgehead atoms. The Balaban J connectivity index is 1.92. The number of carbonyl (C=O) groups is 1. The normalized spacial score (nSPS) is 12.7. The quantitative estimate of drug-likeness (QED) is 0.443. The summed E-state index contributed by atoms with van der Waals surface area (Å²) < 4.78 is 57.1. The third-order valence-electron chi connectivity index (χ3n) is 4.86. The fourth-order valence-corrected chi connectivity index (χ4v) is 4.37. The number of benzene rings is 1. The molecule has 0 aliphatic rings. The van der Waals surface area contributed by atoms with Crippen LogP contribution in [-0.4, -0.2) is 56.4 Å². The predicted octanol–water partition coefficient (Wildman–Crippen LogP) is 4.50. The third-order valence-corrected chi connectivity index (χ3v) is 6.08. The molecule has 177 valence electrons. The van der Waals surface area contributed by atoms with Crippen molar-refractivity contribution in [3.63, 3.8) is 0 Å². The zero-order valence-electron chi connectivity index (χ0n) is 18.4. The molecule has 0 aliphatic carbocycles. The van der Waals surface area contributed by atoms with Gasteiger partial charge >= 0.3 is 17.4 Å². The summed E-state index contributed by atoms with van der Waals surface area (Å²) >= 11 is -1.81. The fraction of sp³-hybridized carbons (Fsp3) is 0.364. The number of hydrogen-bond acceptors (Lipinski definition) is 5. The van der Waals surface area contributed by atoms with Crippen LogP contribution in [-0.2, 0) is 16.9 Å². The number of imidazole rings is 1. The number of nitrogens with zero attached hydrogens (tertiary/aromatic N) is 4. The molecule has 0 N–H and O–H groups in total. The van der Waals surface area contributed by atoms with Crippen LogP contribution in [0.1, 0.15) is 24.6 Å². The molecule has 1 aromatic carbocycles. The van der Waals surface area contributed by atoms with E-state index in [1.54, 1.807) is 38.2 Å². The number of fused-ring (bicyclic) bond motifs is 1. The van der Waals surface area contributed by atoms with Gasteiger partial charge in [-0.15, -0.1) is 0 Å². The summed E-state index contributed by atoms with van der Waals surface area (Å²) in [7, 11) is 1.64. The number of pyridine rings is 1. The highest BCUT2D eigenvalue weighted by molar-refractivity contribution is 7.90. The highest BCUT2D eigenvalue weighted by Gasteiger charge is 2.31. The van der Waals surface area contributed by atoms with E-state index in [4.69, 9.17) is 4.74 Å². The zero-order valence-corrected chi connectivity index (χ0v) is 19.2. The Morgan fingerprint density at radius 2 is 2.03 bits per heavy atom. The van der Waals surface area contributed by atoms with Gasteiger partial charge < -0.3 is 14.2 Å². The van der Waals surface area contributed by atoms with Crippen molar-refractivity contribution in [1.29, 1.82) is 0 Å². The first-order chi connectivity index (χ1) is 15.6. The van der Waals surface area contributed by atoms with Gasteiger partial charge in [0.2, 0.25) is 0 Å². The highest BCUT2D eigenvalue weighted by Crippen LogP contribution is 2.27. The van der Waals surface area contributed by atoms with Gasteiger partial charge in [0.15, 0.2) is 12.4 Å². The van der Waals surface area contributed by atoms with E-state index in [1.165, 1.54) is 21.7 Å².